The van der Waals surface area contributed by atoms with Crippen LogP contribution in [0, 0.1) is 17.6 Å². The Balaban J connectivity index is 1.45. The normalized spacial score (nSPS) is 18.9. The molecule has 31 heavy (non-hydrogen) atoms. The van der Waals surface area contributed by atoms with Crippen molar-refractivity contribution in [3.63, 3.8) is 0 Å². The van der Waals surface area contributed by atoms with E-state index in [1.54, 1.807) is 18.2 Å². The van der Waals surface area contributed by atoms with Crippen LogP contribution in [0.25, 0.3) is 10.8 Å². The highest BCUT2D eigenvalue weighted by Crippen LogP contribution is 2.31. The van der Waals surface area contributed by atoms with Crippen molar-refractivity contribution in [2.24, 2.45) is 5.92 Å². The molecule has 162 valence electrons. The lowest BCUT2D eigenvalue weighted by Gasteiger charge is -2.29. The molecule has 0 aliphatic carbocycles. The van der Waals surface area contributed by atoms with E-state index in [1.807, 2.05) is 24.3 Å². The Morgan fingerprint density at radius 1 is 1.00 bits per heavy atom. The third-order valence-corrected chi connectivity index (χ3v) is 6.05. The van der Waals surface area contributed by atoms with Crippen LogP contribution in [-0.4, -0.2) is 13.2 Å². The van der Waals surface area contributed by atoms with Crippen molar-refractivity contribution in [1.29, 1.82) is 0 Å². The summed E-state index contributed by atoms with van der Waals surface area (Å²) in [5.41, 5.74) is 2.28. The summed E-state index contributed by atoms with van der Waals surface area (Å²) >= 11 is 5.73. The summed E-state index contributed by atoms with van der Waals surface area (Å²) in [5.74, 6) is -0.317. The number of fused-ring (bicyclic) bond motifs is 1. The van der Waals surface area contributed by atoms with Crippen LogP contribution in [0.5, 0.6) is 0 Å². The highest BCUT2D eigenvalue weighted by atomic mass is 35.5. The summed E-state index contributed by atoms with van der Waals surface area (Å²) in [6.45, 7) is 5.05. The molecule has 4 rings (SSSR count). The molecule has 1 saturated heterocycles. The fraction of sp³-hybridized carbons (Fsp3) is 0.308. The molecule has 1 fully saturated rings. The maximum Gasteiger partial charge on any atom is 0.183 e. The van der Waals surface area contributed by atoms with Crippen LogP contribution in [0.15, 0.2) is 61.2 Å². The summed E-state index contributed by atoms with van der Waals surface area (Å²) in [6, 6.07) is 14.0. The predicted octanol–water partition coefficient (Wildman–Crippen LogP) is 7.18. The molecule has 5 heteroatoms. The molecule has 0 bridgehead atoms. The van der Waals surface area contributed by atoms with Crippen LogP contribution >= 0.6 is 11.6 Å². The average Bonchev–Trinajstić information content (AvgIpc) is 2.79. The van der Waals surface area contributed by atoms with Crippen LogP contribution in [0.4, 0.5) is 8.78 Å². The molecule has 1 heterocycles. The van der Waals surface area contributed by atoms with E-state index >= 15 is 4.39 Å². The summed E-state index contributed by atoms with van der Waals surface area (Å²) in [4.78, 5) is 0. The van der Waals surface area contributed by atoms with Gasteiger partial charge in [-0.3, -0.25) is 0 Å². The van der Waals surface area contributed by atoms with Gasteiger partial charge in [-0.1, -0.05) is 48.0 Å². The number of hydrogen-bond acceptors (Lipinski definition) is 2. The lowest BCUT2D eigenvalue weighted by molar-refractivity contribution is -0.205. The summed E-state index contributed by atoms with van der Waals surface area (Å²) in [5, 5.41) is 1.45. The maximum absolute atomic E-state index is 15.1. The van der Waals surface area contributed by atoms with Gasteiger partial charge in [0.05, 0.1) is 18.2 Å². The first-order valence-electron chi connectivity index (χ1n) is 10.5. The fourth-order valence-corrected chi connectivity index (χ4v) is 4.04. The minimum Gasteiger partial charge on any atom is -0.348 e. The van der Waals surface area contributed by atoms with Crippen molar-refractivity contribution < 1.29 is 18.3 Å². The topological polar surface area (TPSA) is 18.5 Å². The Morgan fingerprint density at radius 3 is 2.55 bits per heavy atom. The lowest BCUT2D eigenvalue weighted by atomic mass is 9.98. The quantitative estimate of drug-likeness (QED) is 0.360. The molecule has 1 aliphatic rings. The Morgan fingerprint density at radius 2 is 1.81 bits per heavy atom. The van der Waals surface area contributed by atoms with Crippen LogP contribution < -0.4 is 0 Å². The second-order valence-corrected chi connectivity index (χ2v) is 8.41. The molecule has 0 aromatic heterocycles. The van der Waals surface area contributed by atoms with Gasteiger partial charge in [0, 0.05) is 16.9 Å². The van der Waals surface area contributed by atoms with Gasteiger partial charge in [0.15, 0.2) is 6.29 Å². The van der Waals surface area contributed by atoms with E-state index in [-0.39, 0.29) is 10.8 Å². The third kappa shape index (κ3) is 5.15. The number of ether oxygens (including phenoxy) is 2. The van der Waals surface area contributed by atoms with Gasteiger partial charge >= 0.3 is 0 Å². The van der Waals surface area contributed by atoms with Crippen LogP contribution in [-0.2, 0) is 22.3 Å². The minimum absolute atomic E-state index is 0.0923. The summed E-state index contributed by atoms with van der Waals surface area (Å²) < 4.78 is 40.5. The van der Waals surface area contributed by atoms with E-state index < -0.39 is 12.1 Å². The molecular weight excluding hydrogens is 418 g/mol. The van der Waals surface area contributed by atoms with Crippen molar-refractivity contribution in [2.75, 3.05) is 13.2 Å². The van der Waals surface area contributed by atoms with Crippen molar-refractivity contribution in [3.05, 3.63) is 94.5 Å². The number of halogens is 3. The van der Waals surface area contributed by atoms with Crippen LogP contribution in [0.1, 0.15) is 35.8 Å². The second-order valence-electron chi connectivity index (χ2n) is 8.00. The van der Waals surface area contributed by atoms with E-state index in [9.17, 15) is 4.39 Å². The Bertz CT molecular complexity index is 1070. The Kier molecular flexibility index (Phi) is 7.01. The monoisotopic (exact) mass is 442 g/mol. The molecule has 0 radical (unpaired) electrons. The number of hydrogen-bond donors (Lipinski definition) is 0. The van der Waals surface area contributed by atoms with Gasteiger partial charge in [0.25, 0.3) is 0 Å². The van der Waals surface area contributed by atoms with Gasteiger partial charge in [-0.2, -0.15) is 0 Å². The first-order valence-corrected chi connectivity index (χ1v) is 10.9. The number of aryl methyl sites for hydroxylation is 2. The maximum atomic E-state index is 15.1. The molecule has 3 aromatic carbocycles. The fourth-order valence-electron chi connectivity index (χ4n) is 3.93. The predicted molar refractivity (Wildman–Crippen MR) is 120 cm³/mol. The van der Waals surface area contributed by atoms with Gasteiger partial charge in [-0.25, -0.2) is 8.78 Å². The zero-order valence-electron chi connectivity index (χ0n) is 17.3. The first-order chi connectivity index (χ1) is 15.0. The van der Waals surface area contributed by atoms with Gasteiger partial charge in [-0.05, 0) is 60.4 Å². The Hall–Kier alpha value is -2.27. The average molecular weight is 443 g/mol. The van der Waals surface area contributed by atoms with Crippen molar-refractivity contribution in [2.45, 2.75) is 32.0 Å². The van der Waals surface area contributed by atoms with Gasteiger partial charge < -0.3 is 9.47 Å². The lowest BCUT2D eigenvalue weighted by Crippen LogP contribution is -2.27. The summed E-state index contributed by atoms with van der Waals surface area (Å²) in [7, 11) is 0. The molecule has 0 atom stereocenters. The van der Waals surface area contributed by atoms with Crippen molar-refractivity contribution in [1.82, 2.24) is 0 Å². The molecule has 0 saturated carbocycles. The van der Waals surface area contributed by atoms with E-state index in [1.165, 1.54) is 12.1 Å². The zero-order valence-corrected chi connectivity index (χ0v) is 18.0. The molecule has 3 aromatic rings. The van der Waals surface area contributed by atoms with Gasteiger partial charge in [-0.15, -0.1) is 6.58 Å². The van der Waals surface area contributed by atoms with Crippen molar-refractivity contribution >= 4 is 22.4 Å². The standard InChI is InChI=1S/C26H25ClF2O2/c1-2-3-4-18-15-30-26(31-16-18)21-10-11-22-20(14-21)9-8-19(25(22)29)7-5-17-6-12-23(27)24(28)13-17/h2,6,8-14,18,26H,1,3-5,7,15-16H2. The van der Waals surface area contributed by atoms with E-state index in [2.05, 4.69) is 6.58 Å². The highest BCUT2D eigenvalue weighted by molar-refractivity contribution is 6.30. The van der Waals surface area contributed by atoms with E-state index in [0.29, 0.717) is 42.9 Å². The SMILES string of the molecule is C=CCCC1COC(c2ccc3c(F)c(CCc4ccc(Cl)c(F)c4)ccc3c2)OC1. The largest absolute Gasteiger partial charge is 0.348 e. The third-order valence-electron chi connectivity index (χ3n) is 5.74. The number of allylic oxidation sites excluding steroid dienone is 1. The minimum atomic E-state index is -0.454. The number of benzene rings is 3. The summed E-state index contributed by atoms with van der Waals surface area (Å²) in [6.07, 6.45) is 4.45. The van der Waals surface area contributed by atoms with Crippen molar-refractivity contribution in [3.8, 4) is 0 Å². The highest BCUT2D eigenvalue weighted by Gasteiger charge is 2.23. The Labute approximate surface area is 186 Å². The second kappa shape index (κ2) is 9.90. The molecule has 1 aliphatic heterocycles. The van der Waals surface area contributed by atoms with Gasteiger partial charge in [0.2, 0.25) is 0 Å². The smallest absolute Gasteiger partial charge is 0.183 e. The van der Waals surface area contributed by atoms with Crippen LogP contribution in [0.2, 0.25) is 5.02 Å². The molecule has 2 nitrogen and oxygen atoms in total. The van der Waals surface area contributed by atoms with Gasteiger partial charge in [0.1, 0.15) is 11.6 Å². The molecule has 0 unspecified atom stereocenters. The molecule has 0 N–H and O–H groups in total. The first kappa shape index (κ1) is 21.9. The molecule has 0 amide bonds. The zero-order chi connectivity index (χ0) is 21.8. The number of rotatable bonds is 7. The van der Waals surface area contributed by atoms with E-state index in [4.69, 9.17) is 21.1 Å². The van der Waals surface area contributed by atoms with Crippen LogP contribution in [0.3, 0.4) is 0 Å². The van der Waals surface area contributed by atoms with E-state index in [0.717, 1.165) is 29.4 Å². The molecular formula is C26H25ClF2O2. The molecule has 0 spiro atoms.